The van der Waals surface area contributed by atoms with E-state index in [1.807, 2.05) is 0 Å². The van der Waals surface area contributed by atoms with Gasteiger partial charge in [-0.3, -0.25) is 0 Å². The van der Waals surface area contributed by atoms with Crippen molar-refractivity contribution in [2.45, 2.75) is 20.8 Å². The average Bonchev–Trinajstić information content (AvgIpc) is 2.74. The molecule has 0 fully saturated rings. The third-order valence-electron chi connectivity index (χ3n) is 4.54. The predicted molar refractivity (Wildman–Crippen MR) is 113 cm³/mol. The van der Waals surface area contributed by atoms with Gasteiger partial charge in [-0.05, 0) is 55.7 Å². The number of carbonyl (C=O) groups is 3. The molecule has 0 aliphatic rings. The second kappa shape index (κ2) is 14.2. The Balaban J connectivity index is 0.000000473. The van der Waals surface area contributed by atoms with Crippen molar-refractivity contribution >= 4 is 17.9 Å². The molecule has 3 rings (SSSR count). The minimum absolute atomic E-state index is 0. The van der Waals surface area contributed by atoms with Crippen molar-refractivity contribution < 1.29 is 86.8 Å². The van der Waals surface area contributed by atoms with Crippen molar-refractivity contribution in [2.24, 2.45) is 0 Å². The molecule has 0 unspecified atom stereocenters. The van der Waals surface area contributed by atoms with Crippen LogP contribution in [0.25, 0.3) is 0 Å². The van der Waals surface area contributed by atoms with E-state index in [0.717, 1.165) is 0 Å². The molecule has 0 spiro atoms. The standard InChI is InChI=1S/3C8H8O3.Ce/c3*1-5-6(8(10)11)3-2-4-7(5)9;/h3*2-4,9H,1H3,(H,10,11);/q;;;+3/p-3. The molecule has 0 aliphatic carbocycles. The Hall–Kier alpha value is -3.15. The van der Waals surface area contributed by atoms with Gasteiger partial charge in [-0.15, -0.1) is 17.2 Å². The summed E-state index contributed by atoms with van der Waals surface area (Å²) in [6.45, 7) is 4.52. The summed E-state index contributed by atoms with van der Waals surface area (Å²) in [4.78, 5) is 31.3. The summed E-state index contributed by atoms with van der Waals surface area (Å²) >= 11 is 0. The smallest absolute Gasteiger partial charge is 0.872 e. The summed E-state index contributed by atoms with van der Waals surface area (Å²) in [6.07, 6.45) is 0. The quantitative estimate of drug-likeness (QED) is 0.411. The summed E-state index contributed by atoms with van der Waals surface area (Å²) in [7, 11) is 0. The van der Waals surface area contributed by atoms with E-state index >= 15 is 0 Å². The van der Waals surface area contributed by atoms with Gasteiger partial charge >= 0.3 is 59.7 Å². The third-order valence-corrected chi connectivity index (χ3v) is 4.54. The molecule has 0 saturated carbocycles. The Bertz CT molecular complexity index is 1030. The van der Waals surface area contributed by atoms with Gasteiger partial charge in [-0.25, -0.2) is 14.4 Å². The molecule has 3 aromatic rings. The first-order valence-corrected chi connectivity index (χ1v) is 9.38. The molecule has 1 radical (unpaired) electrons. The first-order chi connectivity index (χ1) is 15.4. The van der Waals surface area contributed by atoms with Crippen LogP contribution in [0.15, 0.2) is 54.6 Å². The van der Waals surface area contributed by atoms with Crippen molar-refractivity contribution in [1.82, 2.24) is 0 Å². The van der Waals surface area contributed by atoms with Crippen LogP contribution in [0.2, 0.25) is 0 Å². The zero-order valence-electron chi connectivity index (χ0n) is 18.5. The Morgan fingerprint density at radius 3 is 0.882 bits per heavy atom. The van der Waals surface area contributed by atoms with Crippen molar-refractivity contribution in [3.05, 3.63) is 88.0 Å². The van der Waals surface area contributed by atoms with E-state index in [2.05, 4.69) is 0 Å². The van der Waals surface area contributed by atoms with Gasteiger partial charge in [-0.1, -0.05) is 36.4 Å². The van der Waals surface area contributed by atoms with Crippen molar-refractivity contribution in [1.29, 1.82) is 0 Å². The number of benzene rings is 3. The number of hydrogen-bond acceptors (Lipinski definition) is 6. The molecule has 0 aliphatic heterocycles. The van der Waals surface area contributed by atoms with E-state index in [0.29, 0.717) is 16.7 Å². The zero-order chi connectivity index (χ0) is 25.3. The number of rotatable bonds is 3. The van der Waals surface area contributed by atoms with E-state index in [-0.39, 0.29) is 75.7 Å². The monoisotopic (exact) mass is 593 g/mol. The van der Waals surface area contributed by atoms with Gasteiger partial charge in [0.15, 0.2) is 0 Å². The Kier molecular flexibility index (Phi) is 12.9. The van der Waals surface area contributed by atoms with Crippen molar-refractivity contribution in [3.63, 3.8) is 0 Å². The summed E-state index contributed by atoms with van der Waals surface area (Å²) < 4.78 is 0. The first-order valence-electron chi connectivity index (χ1n) is 9.38. The fourth-order valence-electron chi connectivity index (χ4n) is 2.54. The van der Waals surface area contributed by atoms with Crippen LogP contribution < -0.4 is 15.3 Å². The third kappa shape index (κ3) is 8.65. The maximum Gasteiger partial charge on any atom is 3.00 e. The van der Waals surface area contributed by atoms with Gasteiger partial charge in [0.25, 0.3) is 0 Å². The molecule has 175 valence electrons. The summed E-state index contributed by atoms with van der Waals surface area (Å²) in [6, 6.07) is 12.6. The summed E-state index contributed by atoms with van der Waals surface area (Å²) in [5.74, 6) is -3.86. The molecule has 3 aromatic carbocycles. The van der Waals surface area contributed by atoms with Crippen LogP contribution in [0.4, 0.5) is 0 Å². The van der Waals surface area contributed by atoms with Crippen molar-refractivity contribution in [2.75, 3.05) is 0 Å². The minimum atomic E-state index is -1.06. The largest absolute Gasteiger partial charge is 3.00 e. The van der Waals surface area contributed by atoms with E-state index in [1.165, 1.54) is 75.4 Å². The summed E-state index contributed by atoms with van der Waals surface area (Å²) in [5.41, 5.74) is 1.12. The second-order valence-electron chi connectivity index (χ2n) is 6.70. The van der Waals surface area contributed by atoms with Gasteiger partial charge in [-0.2, -0.15) is 0 Å². The first kappa shape index (κ1) is 30.8. The molecule has 0 amide bonds. The maximum absolute atomic E-state index is 10.9. The number of aromatic carboxylic acids is 3. The molecule has 3 N–H and O–H groups in total. The van der Waals surface area contributed by atoms with E-state index in [1.54, 1.807) is 0 Å². The minimum Gasteiger partial charge on any atom is -0.872 e. The van der Waals surface area contributed by atoms with Gasteiger partial charge in [0.1, 0.15) is 0 Å². The number of hydrogen-bond donors (Lipinski definition) is 3. The molecular weight excluding hydrogens is 572 g/mol. The van der Waals surface area contributed by atoms with E-state index < -0.39 is 17.9 Å². The molecule has 9 nitrogen and oxygen atoms in total. The molecule has 0 saturated heterocycles. The maximum atomic E-state index is 10.9. The van der Waals surface area contributed by atoms with E-state index in [4.69, 9.17) is 15.3 Å². The van der Waals surface area contributed by atoms with Crippen LogP contribution in [0.3, 0.4) is 0 Å². The fourth-order valence-corrected chi connectivity index (χ4v) is 2.54. The van der Waals surface area contributed by atoms with Crippen LogP contribution in [-0.4, -0.2) is 33.2 Å². The van der Waals surface area contributed by atoms with Gasteiger partial charge < -0.3 is 30.6 Å². The summed E-state index contributed by atoms with van der Waals surface area (Å²) in [5, 5.41) is 58.3. The molecule has 0 bridgehead atoms. The predicted octanol–water partition coefficient (Wildman–Crippen LogP) is 2.30. The van der Waals surface area contributed by atoms with Crippen LogP contribution in [0, 0.1) is 62.5 Å². The van der Waals surface area contributed by atoms with E-state index in [9.17, 15) is 29.7 Å². The zero-order valence-corrected chi connectivity index (χ0v) is 21.6. The molecule has 10 heteroatoms. The van der Waals surface area contributed by atoms with Crippen molar-refractivity contribution in [3.8, 4) is 17.2 Å². The molecule has 0 atom stereocenters. The van der Waals surface area contributed by atoms with Gasteiger partial charge in [0, 0.05) is 0 Å². The Morgan fingerprint density at radius 1 is 0.529 bits per heavy atom. The molecule has 0 aromatic heterocycles. The average molecular weight is 594 g/mol. The molecule has 0 heterocycles. The van der Waals surface area contributed by atoms with Crippen LogP contribution in [0.5, 0.6) is 17.2 Å². The normalized spacial score (nSPS) is 9.26. The second-order valence-corrected chi connectivity index (χ2v) is 6.70. The number of carboxylic acids is 3. The van der Waals surface area contributed by atoms with Crippen LogP contribution in [0.1, 0.15) is 47.8 Å². The molecule has 34 heavy (non-hydrogen) atoms. The fraction of sp³-hybridized carbons (Fsp3) is 0.125. The SMILES string of the molecule is Cc1c([O-])cccc1C(=O)O.Cc1c([O-])cccc1C(=O)O.Cc1c([O-])cccc1C(=O)O.[Ce+3]. The molecular formula is C24H21CeO9. The number of carboxylic acid groups (broad SMARTS) is 3. The Morgan fingerprint density at radius 2 is 0.735 bits per heavy atom. The van der Waals surface area contributed by atoms with Gasteiger partial charge in [0.2, 0.25) is 0 Å². The topological polar surface area (TPSA) is 181 Å². The Labute approximate surface area is 229 Å². The van der Waals surface area contributed by atoms with Gasteiger partial charge in [0.05, 0.1) is 16.7 Å². The van der Waals surface area contributed by atoms with Crippen LogP contribution in [-0.2, 0) is 0 Å². The van der Waals surface area contributed by atoms with Crippen LogP contribution >= 0.6 is 0 Å².